The molecule has 6 heteroatoms. The number of halogens is 1. The van der Waals surface area contributed by atoms with E-state index in [1.807, 2.05) is 4.90 Å². The molecule has 0 spiro atoms. The number of ether oxygens (including phenoxy) is 2. The highest BCUT2D eigenvalue weighted by atomic mass is 35.5. The van der Waals surface area contributed by atoms with Crippen LogP contribution in [-0.2, 0) is 9.53 Å². The Hall–Kier alpha value is -1.30. The molecule has 0 unspecified atom stereocenters. The van der Waals surface area contributed by atoms with Crippen molar-refractivity contribution < 1.29 is 19.4 Å². The van der Waals surface area contributed by atoms with Crippen molar-refractivity contribution in [1.82, 2.24) is 4.90 Å². The number of hydrogen-bond donors (Lipinski definition) is 1. The first-order valence-electron chi connectivity index (χ1n) is 8.09. The van der Waals surface area contributed by atoms with Crippen molar-refractivity contribution in [2.45, 2.75) is 31.4 Å². The number of rotatable bonds is 4. The molecule has 5 nitrogen and oxygen atoms in total. The molecule has 0 radical (unpaired) electrons. The molecule has 0 saturated carbocycles. The fourth-order valence-corrected chi connectivity index (χ4v) is 3.55. The minimum Gasteiger partial charge on any atom is -0.484 e. The molecule has 1 aromatic carbocycles. The van der Waals surface area contributed by atoms with Gasteiger partial charge in [0, 0.05) is 30.1 Å². The minimum atomic E-state index is -0.390. The summed E-state index contributed by atoms with van der Waals surface area (Å²) in [5.74, 6) is 0.588. The summed E-state index contributed by atoms with van der Waals surface area (Å²) in [5.41, 5.74) is 0. The van der Waals surface area contributed by atoms with Gasteiger partial charge in [-0.1, -0.05) is 11.6 Å². The van der Waals surface area contributed by atoms with E-state index in [2.05, 4.69) is 0 Å². The monoisotopic (exact) mass is 339 g/mol. The van der Waals surface area contributed by atoms with Gasteiger partial charge in [0.25, 0.3) is 5.91 Å². The molecule has 2 aliphatic rings. The minimum absolute atomic E-state index is 0.00179. The zero-order chi connectivity index (χ0) is 16.2. The zero-order valence-corrected chi connectivity index (χ0v) is 13.7. The number of carbonyl (C=O) groups excluding carboxylic acids is 1. The van der Waals surface area contributed by atoms with E-state index in [1.54, 1.807) is 24.3 Å². The lowest BCUT2D eigenvalue weighted by Gasteiger charge is -2.36. The average molecular weight is 340 g/mol. The van der Waals surface area contributed by atoms with Crippen LogP contribution in [-0.4, -0.2) is 54.4 Å². The third-order valence-corrected chi connectivity index (χ3v) is 4.90. The molecular formula is C17H22ClNO4. The highest BCUT2D eigenvalue weighted by molar-refractivity contribution is 6.30. The van der Waals surface area contributed by atoms with Gasteiger partial charge < -0.3 is 19.5 Å². The fourth-order valence-electron chi connectivity index (χ4n) is 3.42. The second-order valence-corrected chi connectivity index (χ2v) is 6.57. The van der Waals surface area contributed by atoms with Crippen molar-refractivity contribution >= 4 is 17.5 Å². The van der Waals surface area contributed by atoms with E-state index in [-0.39, 0.29) is 30.6 Å². The molecule has 2 aliphatic heterocycles. The van der Waals surface area contributed by atoms with Crippen LogP contribution in [0.3, 0.4) is 0 Å². The molecule has 0 aliphatic carbocycles. The Morgan fingerprint density at radius 3 is 2.87 bits per heavy atom. The summed E-state index contributed by atoms with van der Waals surface area (Å²) < 4.78 is 11.0. The predicted octanol–water partition coefficient (Wildman–Crippen LogP) is 2.11. The molecule has 3 atom stereocenters. The van der Waals surface area contributed by atoms with E-state index < -0.39 is 0 Å². The van der Waals surface area contributed by atoms with Crippen LogP contribution in [0, 0.1) is 5.92 Å². The van der Waals surface area contributed by atoms with Crippen molar-refractivity contribution in [3.05, 3.63) is 29.3 Å². The Labute approximate surface area is 141 Å². The van der Waals surface area contributed by atoms with Crippen molar-refractivity contribution in [3.63, 3.8) is 0 Å². The molecule has 3 rings (SSSR count). The summed E-state index contributed by atoms with van der Waals surface area (Å²) in [5, 5.41) is 10.8. The standard InChI is InChI=1S/C17H22ClNO4/c18-12-3-5-13(6-4-12)23-11-17(21)19-8-1-2-15(19)14-10-22-9-7-16(14)20/h3-6,14-16,20H,1-2,7-11H2/t14-,15+,16-/m0/s1. The quantitative estimate of drug-likeness (QED) is 0.912. The summed E-state index contributed by atoms with van der Waals surface area (Å²) in [4.78, 5) is 14.3. The summed E-state index contributed by atoms with van der Waals surface area (Å²) >= 11 is 5.83. The number of aliphatic hydroxyl groups excluding tert-OH is 1. The second kappa shape index (κ2) is 7.51. The molecule has 2 heterocycles. The Morgan fingerprint density at radius 1 is 1.35 bits per heavy atom. The molecule has 1 aromatic rings. The lowest BCUT2D eigenvalue weighted by molar-refractivity contribution is -0.138. The number of benzene rings is 1. The van der Waals surface area contributed by atoms with Gasteiger partial charge in [0.15, 0.2) is 6.61 Å². The third kappa shape index (κ3) is 3.97. The van der Waals surface area contributed by atoms with Crippen LogP contribution in [0.5, 0.6) is 5.75 Å². The van der Waals surface area contributed by atoms with Crippen LogP contribution < -0.4 is 4.74 Å². The van der Waals surface area contributed by atoms with Gasteiger partial charge in [-0.15, -0.1) is 0 Å². The number of nitrogens with zero attached hydrogens (tertiary/aromatic N) is 1. The smallest absolute Gasteiger partial charge is 0.260 e. The van der Waals surface area contributed by atoms with Crippen LogP contribution in [0.15, 0.2) is 24.3 Å². The van der Waals surface area contributed by atoms with E-state index in [0.717, 1.165) is 19.4 Å². The third-order valence-electron chi connectivity index (χ3n) is 4.65. The van der Waals surface area contributed by atoms with E-state index >= 15 is 0 Å². The molecule has 2 saturated heterocycles. The first-order chi connectivity index (χ1) is 11.1. The highest BCUT2D eigenvalue weighted by Gasteiger charge is 2.39. The lowest BCUT2D eigenvalue weighted by Crippen LogP contribution is -2.49. The molecule has 0 aromatic heterocycles. The van der Waals surface area contributed by atoms with Crippen molar-refractivity contribution in [3.8, 4) is 5.75 Å². The Balaban J connectivity index is 1.58. The summed E-state index contributed by atoms with van der Waals surface area (Å²) in [6.45, 7) is 1.84. The van der Waals surface area contributed by atoms with E-state index in [9.17, 15) is 9.90 Å². The molecule has 1 N–H and O–H groups in total. The van der Waals surface area contributed by atoms with E-state index in [1.165, 1.54) is 0 Å². The topological polar surface area (TPSA) is 59.0 Å². The van der Waals surface area contributed by atoms with E-state index in [0.29, 0.717) is 30.4 Å². The average Bonchev–Trinajstić information content (AvgIpc) is 3.04. The molecule has 2 fully saturated rings. The first-order valence-corrected chi connectivity index (χ1v) is 8.46. The number of carbonyl (C=O) groups is 1. The second-order valence-electron chi connectivity index (χ2n) is 6.13. The fraction of sp³-hybridized carbons (Fsp3) is 0.588. The maximum absolute atomic E-state index is 12.5. The molecule has 126 valence electrons. The van der Waals surface area contributed by atoms with Gasteiger partial charge in [-0.2, -0.15) is 0 Å². The largest absolute Gasteiger partial charge is 0.484 e. The van der Waals surface area contributed by atoms with Crippen LogP contribution in [0.2, 0.25) is 5.02 Å². The van der Waals surface area contributed by atoms with Crippen LogP contribution in [0.25, 0.3) is 0 Å². The lowest BCUT2D eigenvalue weighted by atomic mass is 9.89. The van der Waals surface area contributed by atoms with Crippen molar-refractivity contribution in [1.29, 1.82) is 0 Å². The van der Waals surface area contributed by atoms with Gasteiger partial charge in [0.2, 0.25) is 0 Å². The molecular weight excluding hydrogens is 318 g/mol. The maximum atomic E-state index is 12.5. The first kappa shape index (κ1) is 16.6. The normalized spacial score (nSPS) is 27.9. The van der Waals surface area contributed by atoms with E-state index in [4.69, 9.17) is 21.1 Å². The zero-order valence-electron chi connectivity index (χ0n) is 13.0. The van der Waals surface area contributed by atoms with Crippen LogP contribution in [0.4, 0.5) is 0 Å². The number of aliphatic hydroxyl groups is 1. The van der Waals surface area contributed by atoms with Gasteiger partial charge >= 0.3 is 0 Å². The van der Waals surface area contributed by atoms with Crippen LogP contribution >= 0.6 is 11.6 Å². The Bertz CT molecular complexity index is 536. The Kier molecular flexibility index (Phi) is 5.41. The molecule has 23 heavy (non-hydrogen) atoms. The van der Waals surface area contributed by atoms with Gasteiger partial charge in [-0.05, 0) is 43.5 Å². The number of hydrogen-bond acceptors (Lipinski definition) is 4. The summed E-state index contributed by atoms with van der Waals surface area (Å²) in [7, 11) is 0. The van der Waals surface area contributed by atoms with Crippen LogP contribution in [0.1, 0.15) is 19.3 Å². The number of likely N-dealkylation sites (tertiary alicyclic amines) is 1. The van der Waals surface area contributed by atoms with Crippen molar-refractivity contribution in [2.75, 3.05) is 26.4 Å². The van der Waals surface area contributed by atoms with Crippen molar-refractivity contribution in [2.24, 2.45) is 5.92 Å². The maximum Gasteiger partial charge on any atom is 0.260 e. The van der Waals surface area contributed by atoms with Gasteiger partial charge in [-0.3, -0.25) is 4.79 Å². The molecule has 1 amide bonds. The van der Waals surface area contributed by atoms with Gasteiger partial charge in [-0.25, -0.2) is 0 Å². The predicted molar refractivity (Wildman–Crippen MR) is 86.6 cm³/mol. The molecule has 0 bridgehead atoms. The SMILES string of the molecule is O=C(COc1ccc(Cl)cc1)N1CCC[C@@H]1[C@@H]1COCC[C@@H]1O. The highest BCUT2D eigenvalue weighted by Crippen LogP contribution is 2.30. The number of amides is 1. The van der Waals surface area contributed by atoms with Gasteiger partial charge in [0.1, 0.15) is 5.75 Å². The van der Waals surface area contributed by atoms with Gasteiger partial charge in [0.05, 0.1) is 12.7 Å². The summed E-state index contributed by atoms with van der Waals surface area (Å²) in [6, 6.07) is 7.00. The summed E-state index contributed by atoms with van der Waals surface area (Å²) in [6.07, 6.45) is 2.13. The Morgan fingerprint density at radius 2 is 2.13 bits per heavy atom.